The average molecular weight is 220 g/mol. The van der Waals surface area contributed by atoms with Crippen LogP contribution in [0.5, 0.6) is 5.75 Å². The van der Waals surface area contributed by atoms with E-state index in [1.165, 1.54) is 5.56 Å². The van der Waals surface area contributed by atoms with E-state index in [-0.39, 0.29) is 0 Å². The largest absolute Gasteiger partial charge is 0.496 e. The van der Waals surface area contributed by atoms with E-state index in [9.17, 15) is 0 Å². The van der Waals surface area contributed by atoms with Crippen LogP contribution in [0.2, 0.25) is 0 Å². The molecule has 88 valence electrons. The number of nitrogens with two attached hydrogens (primary N) is 1. The Morgan fingerprint density at radius 2 is 2.25 bits per heavy atom. The molecule has 0 radical (unpaired) electrons. The Bertz CT molecular complexity index is 340. The first kappa shape index (κ1) is 11.4. The molecule has 1 aliphatic rings. The molecule has 1 aromatic carbocycles. The fourth-order valence-electron chi connectivity index (χ4n) is 2.32. The number of para-hydroxylation sites is 1. The summed E-state index contributed by atoms with van der Waals surface area (Å²) in [5.41, 5.74) is 7.40. The van der Waals surface area contributed by atoms with Crippen molar-refractivity contribution in [1.82, 2.24) is 5.32 Å². The fourth-order valence-corrected chi connectivity index (χ4v) is 2.32. The van der Waals surface area contributed by atoms with Crippen molar-refractivity contribution >= 4 is 0 Å². The van der Waals surface area contributed by atoms with E-state index in [1.54, 1.807) is 7.11 Å². The third-order valence-corrected chi connectivity index (χ3v) is 3.34. The van der Waals surface area contributed by atoms with Crippen LogP contribution in [-0.4, -0.2) is 26.2 Å². The highest BCUT2D eigenvalue weighted by Crippen LogP contribution is 2.23. The zero-order valence-corrected chi connectivity index (χ0v) is 9.78. The smallest absolute Gasteiger partial charge is 0.122 e. The number of benzene rings is 1. The number of ether oxygens (including phenoxy) is 1. The second-order valence-corrected chi connectivity index (χ2v) is 4.43. The Kier molecular flexibility index (Phi) is 3.80. The second kappa shape index (κ2) is 5.32. The summed E-state index contributed by atoms with van der Waals surface area (Å²) in [4.78, 5) is 0. The van der Waals surface area contributed by atoms with E-state index < -0.39 is 0 Å². The number of hydrogen-bond donors (Lipinski definition) is 2. The van der Waals surface area contributed by atoms with Crippen LogP contribution in [0.15, 0.2) is 24.3 Å². The molecule has 1 aliphatic heterocycles. The molecule has 1 saturated heterocycles. The van der Waals surface area contributed by atoms with Crippen LogP contribution in [0.4, 0.5) is 0 Å². The minimum atomic E-state index is 0.311. The SMILES string of the molecule is COc1ccccc1CC1CNCCC1N. The maximum Gasteiger partial charge on any atom is 0.122 e. The standard InChI is InChI=1S/C13H20N2O/c1-16-13-5-3-2-4-10(13)8-11-9-15-7-6-12(11)14/h2-5,11-12,15H,6-9,14H2,1H3. The first-order valence-corrected chi connectivity index (χ1v) is 5.89. The normalized spacial score (nSPS) is 25.4. The van der Waals surface area contributed by atoms with Gasteiger partial charge in [-0.3, -0.25) is 0 Å². The Morgan fingerprint density at radius 3 is 3.00 bits per heavy atom. The average Bonchev–Trinajstić information content (AvgIpc) is 2.33. The number of nitrogens with one attached hydrogen (secondary N) is 1. The lowest BCUT2D eigenvalue weighted by atomic mass is 9.88. The van der Waals surface area contributed by atoms with E-state index in [4.69, 9.17) is 10.5 Å². The highest BCUT2D eigenvalue weighted by Gasteiger charge is 2.22. The van der Waals surface area contributed by atoms with E-state index in [1.807, 2.05) is 12.1 Å². The highest BCUT2D eigenvalue weighted by atomic mass is 16.5. The molecule has 1 fully saturated rings. The minimum absolute atomic E-state index is 0.311. The molecule has 2 atom stereocenters. The van der Waals surface area contributed by atoms with Gasteiger partial charge < -0.3 is 15.8 Å². The van der Waals surface area contributed by atoms with Gasteiger partial charge in [0.1, 0.15) is 5.75 Å². The van der Waals surface area contributed by atoms with E-state index in [0.717, 1.165) is 31.7 Å². The van der Waals surface area contributed by atoms with Crippen molar-refractivity contribution < 1.29 is 4.74 Å². The summed E-state index contributed by atoms with van der Waals surface area (Å²) in [6.07, 6.45) is 2.07. The lowest BCUT2D eigenvalue weighted by Gasteiger charge is -2.29. The quantitative estimate of drug-likeness (QED) is 0.804. The van der Waals surface area contributed by atoms with Crippen LogP contribution in [0.1, 0.15) is 12.0 Å². The van der Waals surface area contributed by atoms with Crippen molar-refractivity contribution in [3.63, 3.8) is 0 Å². The molecule has 3 heteroatoms. The number of rotatable bonds is 3. The minimum Gasteiger partial charge on any atom is -0.496 e. The van der Waals surface area contributed by atoms with Gasteiger partial charge in [-0.05, 0) is 43.5 Å². The molecule has 0 aromatic heterocycles. The van der Waals surface area contributed by atoms with E-state index >= 15 is 0 Å². The molecule has 3 nitrogen and oxygen atoms in total. The Hall–Kier alpha value is -1.06. The lowest BCUT2D eigenvalue weighted by Crippen LogP contribution is -2.45. The summed E-state index contributed by atoms with van der Waals surface area (Å²) < 4.78 is 5.36. The fraction of sp³-hybridized carbons (Fsp3) is 0.538. The molecule has 16 heavy (non-hydrogen) atoms. The zero-order chi connectivity index (χ0) is 11.4. The summed E-state index contributed by atoms with van der Waals surface area (Å²) in [5, 5.41) is 3.40. The van der Waals surface area contributed by atoms with Crippen molar-refractivity contribution in [3.05, 3.63) is 29.8 Å². The predicted octanol–water partition coefficient (Wildman–Crippen LogP) is 1.17. The van der Waals surface area contributed by atoms with Crippen molar-refractivity contribution in [2.24, 2.45) is 11.7 Å². The predicted molar refractivity (Wildman–Crippen MR) is 65.7 cm³/mol. The van der Waals surface area contributed by atoms with Gasteiger partial charge in [-0.25, -0.2) is 0 Å². The Balaban J connectivity index is 2.07. The molecular formula is C13H20N2O. The molecule has 2 rings (SSSR count). The third-order valence-electron chi connectivity index (χ3n) is 3.34. The van der Waals surface area contributed by atoms with Gasteiger partial charge in [0.25, 0.3) is 0 Å². The maximum atomic E-state index is 6.14. The zero-order valence-electron chi connectivity index (χ0n) is 9.78. The number of hydrogen-bond acceptors (Lipinski definition) is 3. The first-order chi connectivity index (χ1) is 7.81. The lowest BCUT2D eigenvalue weighted by molar-refractivity contribution is 0.320. The maximum absolute atomic E-state index is 6.14. The van der Waals surface area contributed by atoms with Gasteiger partial charge in [0.15, 0.2) is 0 Å². The molecule has 0 saturated carbocycles. The van der Waals surface area contributed by atoms with Crippen molar-refractivity contribution in [2.45, 2.75) is 18.9 Å². The van der Waals surface area contributed by atoms with Crippen molar-refractivity contribution in [1.29, 1.82) is 0 Å². The van der Waals surface area contributed by atoms with Gasteiger partial charge in [-0.1, -0.05) is 18.2 Å². The molecular weight excluding hydrogens is 200 g/mol. The van der Waals surface area contributed by atoms with Crippen molar-refractivity contribution in [3.8, 4) is 5.75 Å². The highest BCUT2D eigenvalue weighted by molar-refractivity contribution is 5.33. The number of piperidine rings is 1. The first-order valence-electron chi connectivity index (χ1n) is 5.89. The molecule has 0 bridgehead atoms. The van der Waals surface area contributed by atoms with Crippen LogP contribution < -0.4 is 15.8 Å². The van der Waals surface area contributed by atoms with E-state index in [0.29, 0.717) is 12.0 Å². The molecule has 3 N–H and O–H groups in total. The Morgan fingerprint density at radius 1 is 1.44 bits per heavy atom. The topological polar surface area (TPSA) is 47.3 Å². The van der Waals surface area contributed by atoms with Crippen LogP contribution in [0.3, 0.4) is 0 Å². The second-order valence-electron chi connectivity index (χ2n) is 4.43. The molecule has 0 amide bonds. The van der Waals surface area contributed by atoms with E-state index in [2.05, 4.69) is 17.4 Å². The summed E-state index contributed by atoms with van der Waals surface area (Å²) in [5.74, 6) is 1.49. The van der Waals surface area contributed by atoms with Crippen LogP contribution in [-0.2, 0) is 6.42 Å². The summed E-state index contributed by atoms with van der Waals surface area (Å²) >= 11 is 0. The van der Waals surface area contributed by atoms with Gasteiger partial charge in [-0.15, -0.1) is 0 Å². The summed E-state index contributed by atoms with van der Waals surface area (Å²) in [7, 11) is 1.72. The molecule has 1 aromatic rings. The summed E-state index contributed by atoms with van der Waals surface area (Å²) in [6, 6.07) is 8.50. The molecule has 0 spiro atoms. The molecule has 0 aliphatic carbocycles. The summed E-state index contributed by atoms with van der Waals surface area (Å²) in [6.45, 7) is 2.06. The van der Waals surface area contributed by atoms with Gasteiger partial charge in [0.2, 0.25) is 0 Å². The Labute approximate surface area is 97.0 Å². The van der Waals surface area contributed by atoms with Gasteiger partial charge in [0, 0.05) is 6.04 Å². The third kappa shape index (κ3) is 2.54. The van der Waals surface area contributed by atoms with Gasteiger partial charge in [0.05, 0.1) is 7.11 Å². The number of methoxy groups -OCH3 is 1. The van der Waals surface area contributed by atoms with Crippen LogP contribution >= 0.6 is 0 Å². The monoisotopic (exact) mass is 220 g/mol. The van der Waals surface area contributed by atoms with Gasteiger partial charge >= 0.3 is 0 Å². The van der Waals surface area contributed by atoms with Crippen LogP contribution in [0, 0.1) is 5.92 Å². The van der Waals surface area contributed by atoms with Crippen LogP contribution in [0.25, 0.3) is 0 Å². The molecule has 2 unspecified atom stereocenters. The van der Waals surface area contributed by atoms with Crippen molar-refractivity contribution in [2.75, 3.05) is 20.2 Å². The van der Waals surface area contributed by atoms with Gasteiger partial charge in [-0.2, -0.15) is 0 Å². The molecule has 1 heterocycles.